The lowest BCUT2D eigenvalue weighted by atomic mass is 10.2. The van der Waals surface area contributed by atoms with Crippen molar-refractivity contribution in [3.05, 3.63) is 30.0 Å². The third-order valence-electron chi connectivity index (χ3n) is 2.99. The molecule has 2 rings (SSSR count). The van der Waals surface area contributed by atoms with Crippen LogP contribution in [0.3, 0.4) is 0 Å². The van der Waals surface area contributed by atoms with Crippen molar-refractivity contribution in [3.8, 4) is 5.75 Å². The maximum Gasteiger partial charge on any atom is 0.387 e. The smallest absolute Gasteiger partial charge is 0.387 e. The quantitative estimate of drug-likeness (QED) is 0.858. The van der Waals surface area contributed by atoms with Crippen LogP contribution in [0.2, 0.25) is 0 Å². The predicted molar refractivity (Wildman–Crippen MR) is 78.0 cm³/mol. The van der Waals surface area contributed by atoms with Gasteiger partial charge in [0.2, 0.25) is 0 Å². The number of ether oxygens (including phenoxy) is 1. The lowest BCUT2D eigenvalue weighted by Gasteiger charge is -2.09. The second kappa shape index (κ2) is 6.43. The van der Waals surface area contributed by atoms with E-state index >= 15 is 0 Å². The monoisotopic (exact) mass is 296 g/mol. The number of aryl methyl sites for hydroxylation is 2. The molecule has 114 valence electrons. The Kier molecular flexibility index (Phi) is 4.62. The summed E-state index contributed by atoms with van der Waals surface area (Å²) in [7, 11) is 1.80. The fourth-order valence-corrected chi connectivity index (χ4v) is 2.02. The molecular weight excluding hydrogens is 278 g/mol. The van der Waals surface area contributed by atoms with Crippen LogP contribution in [0, 0.1) is 0 Å². The molecule has 0 aliphatic heterocycles. The van der Waals surface area contributed by atoms with E-state index in [0.29, 0.717) is 11.5 Å². The van der Waals surface area contributed by atoms with E-state index in [1.165, 1.54) is 12.1 Å². The molecule has 0 amide bonds. The zero-order valence-electron chi connectivity index (χ0n) is 11.9. The number of hydrogen-bond donors (Lipinski definition) is 2. The van der Waals surface area contributed by atoms with Gasteiger partial charge in [-0.1, -0.05) is 13.3 Å². The minimum atomic E-state index is -2.83. The van der Waals surface area contributed by atoms with Gasteiger partial charge in [-0.2, -0.15) is 13.9 Å². The fourth-order valence-electron chi connectivity index (χ4n) is 2.02. The summed E-state index contributed by atoms with van der Waals surface area (Å²) < 4.78 is 30.1. The molecule has 2 aromatic rings. The van der Waals surface area contributed by atoms with Crippen molar-refractivity contribution >= 4 is 17.2 Å². The average molecular weight is 296 g/mol. The molecule has 0 atom stereocenters. The van der Waals surface area contributed by atoms with Gasteiger partial charge in [-0.05, 0) is 30.7 Å². The number of nitrogens with one attached hydrogen (secondary N) is 1. The molecule has 0 bridgehead atoms. The summed E-state index contributed by atoms with van der Waals surface area (Å²) in [5.74, 6) is 0.793. The summed E-state index contributed by atoms with van der Waals surface area (Å²) in [6.45, 7) is -0.767. The van der Waals surface area contributed by atoms with Gasteiger partial charge in [0.25, 0.3) is 0 Å². The summed E-state index contributed by atoms with van der Waals surface area (Å²) in [4.78, 5) is 0. The Bertz CT molecular complexity index is 596. The maximum absolute atomic E-state index is 12.1. The molecule has 7 heteroatoms. The molecule has 1 heterocycles. The Morgan fingerprint density at radius 3 is 2.57 bits per heavy atom. The first-order valence-corrected chi connectivity index (χ1v) is 6.64. The number of alkyl halides is 2. The van der Waals surface area contributed by atoms with Crippen molar-refractivity contribution in [2.45, 2.75) is 26.4 Å². The highest BCUT2D eigenvalue weighted by Gasteiger charge is 2.13. The lowest BCUT2D eigenvalue weighted by molar-refractivity contribution is -0.0498. The number of nitrogen functional groups attached to an aromatic ring is 1. The highest BCUT2D eigenvalue weighted by Crippen LogP contribution is 2.27. The van der Waals surface area contributed by atoms with Crippen molar-refractivity contribution < 1.29 is 13.5 Å². The lowest BCUT2D eigenvalue weighted by Crippen LogP contribution is -2.03. The highest BCUT2D eigenvalue weighted by atomic mass is 19.3. The Morgan fingerprint density at radius 2 is 2.00 bits per heavy atom. The normalized spacial score (nSPS) is 10.9. The SMILES string of the molecule is CCCc1nn(C)c(Nc2ccc(OC(F)F)cc2)c1N. The van der Waals surface area contributed by atoms with E-state index < -0.39 is 6.61 Å². The Morgan fingerprint density at radius 1 is 1.33 bits per heavy atom. The Labute approximate surface area is 121 Å². The van der Waals surface area contributed by atoms with Gasteiger partial charge in [0.15, 0.2) is 5.82 Å². The number of hydrogen-bond acceptors (Lipinski definition) is 4. The van der Waals surface area contributed by atoms with Crippen molar-refractivity contribution in [2.24, 2.45) is 7.05 Å². The number of rotatable bonds is 6. The maximum atomic E-state index is 12.1. The van der Waals surface area contributed by atoms with E-state index in [0.717, 1.165) is 24.2 Å². The molecule has 0 fully saturated rings. The van der Waals surface area contributed by atoms with E-state index in [-0.39, 0.29) is 5.75 Å². The molecule has 1 aromatic heterocycles. The first kappa shape index (κ1) is 15.1. The summed E-state index contributed by atoms with van der Waals surface area (Å²) in [5.41, 5.74) is 8.23. The van der Waals surface area contributed by atoms with E-state index in [1.54, 1.807) is 23.9 Å². The molecule has 0 radical (unpaired) electrons. The number of halogens is 2. The molecular formula is C14H18F2N4O. The molecule has 0 saturated carbocycles. The van der Waals surface area contributed by atoms with Crippen LogP contribution >= 0.6 is 0 Å². The second-order valence-electron chi connectivity index (χ2n) is 4.61. The van der Waals surface area contributed by atoms with E-state index in [9.17, 15) is 8.78 Å². The number of benzene rings is 1. The van der Waals surface area contributed by atoms with Crippen LogP contribution in [0.15, 0.2) is 24.3 Å². The van der Waals surface area contributed by atoms with E-state index in [1.807, 2.05) is 0 Å². The molecule has 0 spiro atoms. The summed E-state index contributed by atoms with van der Waals surface area (Å²) in [6.07, 6.45) is 1.77. The molecule has 0 saturated heterocycles. The minimum absolute atomic E-state index is 0.111. The summed E-state index contributed by atoms with van der Waals surface area (Å²) in [5, 5.41) is 7.49. The Hall–Kier alpha value is -2.31. The third-order valence-corrected chi connectivity index (χ3v) is 2.99. The largest absolute Gasteiger partial charge is 0.435 e. The summed E-state index contributed by atoms with van der Waals surface area (Å²) in [6, 6.07) is 6.22. The molecule has 0 unspecified atom stereocenters. The van der Waals surface area contributed by atoms with Gasteiger partial charge in [-0.25, -0.2) is 0 Å². The zero-order chi connectivity index (χ0) is 15.4. The van der Waals surface area contributed by atoms with Gasteiger partial charge >= 0.3 is 6.61 Å². The zero-order valence-corrected chi connectivity index (χ0v) is 11.9. The first-order valence-electron chi connectivity index (χ1n) is 6.64. The van der Waals surface area contributed by atoms with Gasteiger partial charge in [0, 0.05) is 12.7 Å². The van der Waals surface area contributed by atoms with Crippen molar-refractivity contribution in [1.82, 2.24) is 9.78 Å². The number of anilines is 3. The molecule has 1 aromatic carbocycles. The van der Waals surface area contributed by atoms with Gasteiger partial charge in [-0.15, -0.1) is 0 Å². The third kappa shape index (κ3) is 3.62. The number of nitrogens with two attached hydrogens (primary N) is 1. The molecule has 21 heavy (non-hydrogen) atoms. The van der Waals surface area contributed by atoms with Crippen LogP contribution in [-0.4, -0.2) is 16.4 Å². The van der Waals surface area contributed by atoms with Crippen LogP contribution in [0.5, 0.6) is 5.75 Å². The van der Waals surface area contributed by atoms with Crippen molar-refractivity contribution in [1.29, 1.82) is 0 Å². The summed E-state index contributed by atoms with van der Waals surface area (Å²) >= 11 is 0. The molecule has 3 N–H and O–H groups in total. The van der Waals surface area contributed by atoms with Crippen LogP contribution in [-0.2, 0) is 13.5 Å². The predicted octanol–water partition coefficient (Wildman–Crippen LogP) is 3.30. The Balaban J connectivity index is 2.14. The standard InChI is InChI=1S/C14H18F2N4O/c1-3-4-11-12(17)13(20(2)19-11)18-9-5-7-10(8-6-9)21-14(15)16/h5-8,14,18H,3-4,17H2,1-2H3. The molecule has 5 nitrogen and oxygen atoms in total. The van der Waals surface area contributed by atoms with Gasteiger partial charge < -0.3 is 15.8 Å². The van der Waals surface area contributed by atoms with E-state index in [4.69, 9.17) is 5.73 Å². The fraction of sp³-hybridized carbons (Fsp3) is 0.357. The van der Waals surface area contributed by atoms with Crippen molar-refractivity contribution in [2.75, 3.05) is 11.1 Å². The minimum Gasteiger partial charge on any atom is -0.435 e. The second-order valence-corrected chi connectivity index (χ2v) is 4.61. The average Bonchev–Trinajstić information content (AvgIpc) is 2.68. The van der Waals surface area contributed by atoms with Crippen LogP contribution in [0.25, 0.3) is 0 Å². The number of nitrogens with zero attached hydrogens (tertiary/aromatic N) is 2. The highest BCUT2D eigenvalue weighted by molar-refractivity contribution is 5.71. The molecule has 0 aliphatic carbocycles. The van der Waals surface area contributed by atoms with Crippen LogP contribution in [0.4, 0.5) is 26.0 Å². The van der Waals surface area contributed by atoms with Crippen LogP contribution < -0.4 is 15.8 Å². The first-order chi connectivity index (χ1) is 10.0. The van der Waals surface area contributed by atoms with E-state index in [2.05, 4.69) is 22.1 Å². The van der Waals surface area contributed by atoms with Crippen molar-refractivity contribution in [3.63, 3.8) is 0 Å². The van der Waals surface area contributed by atoms with Gasteiger partial charge in [0.05, 0.1) is 11.4 Å². The van der Waals surface area contributed by atoms with Crippen LogP contribution in [0.1, 0.15) is 19.0 Å². The topological polar surface area (TPSA) is 65.1 Å². The molecule has 0 aliphatic rings. The van der Waals surface area contributed by atoms with Gasteiger partial charge in [-0.3, -0.25) is 4.68 Å². The number of aromatic nitrogens is 2. The van der Waals surface area contributed by atoms with Gasteiger partial charge in [0.1, 0.15) is 5.75 Å².